The third-order valence-electron chi connectivity index (χ3n) is 8.57. The fourth-order valence-electron chi connectivity index (χ4n) is 6.74. The number of rotatable bonds is 4. The Kier molecular flexibility index (Phi) is 5.24. The lowest BCUT2D eigenvalue weighted by atomic mass is 9.94. The van der Waals surface area contributed by atoms with E-state index in [0.717, 1.165) is 11.2 Å². The molecule has 0 aliphatic heterocycles. The van der Waals surface area contributed by atoms with E-state index in [4.69, 9.17) is 4.42 Å². The van der Waals surface area contributed by atoms with Crippen molar-refractivity contribution < 1.29 is 4.42 Å². The largest absolute Gasteiger partial charge is 0.456 e. The van der Waals surface area contributed by atoms with Gasteiger partial charge < -0.3 is 4.42 Å². The molecule has 1 aromatic heterocycles. The molecule has 0 fully saturated rings. The molecule has 1 aliphatic carbocycles. The molecule has 2 heteroatoms. The van der Waals surface area contributed by atoms with Crippen LogP contribution in [-0.4, -0.2) is 0 Å². The first kappa shape index (κ1) is 23.7. The van der Waals surface area contributed by atoms with E-state index in [0.29, 0.717) is 0 Å². The molecule has 1 nitrogen and oxygen atoms in total. The summed E-state index contributed by atoms with van der Waals surface area (Å²) in [6, 6.07) is 55.3. The van der Waals surface area contributed by atoms with Gasteiger partial charge in [-0.3, -0.25) is 0 Å². The van der Waals surface area contributed by atoms with Crippen molar-refractivity contribution >= 4 is 56.5 Å². The van der Waals surface area contributed by atoms with Crippen molar-refractivity contribution in [3.63, 3.8) is 0 Å². The molecule has 0 N–H and O–H groups in total. The highest BCUT2D eigenvalue weighted by Crippen LogP contribution is 2.53. The van der Waals surface area contributed by atoms with Crippen molar-refractivity contribution in [2.45, 2.75) is 0 Å². The Balaban J connectivity index is 1.21. The molecular weight excluding hydrogens is 527 g/mol. The van der Waals surface area contributed by atoms with E-state index in [9.17, 15) is 0 Å². The van der Waals surface area contributed by atoms with Crippen LogP contribution in [0.15, 0.2) is 156 Å². The molecule has 0 bridgehead atoms. The maximum atomic E-state index is 6.30. The van der Waals surface area contributed by atoms with Crippen LogP contribution < -0.4 is 15.9 Å². The average Bonchev–Trinajstić information content (AvgIpc) is 3.59. The Morgan fingerprint density at radius 1 is 0.405 bits per heavy atom. The van der Waals surface area contributed by atoms with Crippen molar-refractivity contribution in [1.29, 1.82) is 0 Å². The molecule has 0 radical (unpaired) electrons. The Hall–Kier alpha value is -4.97. The predicted molar refractivity (Wildman–Crippen MR) is 180 cm³/mol. The first-order chi connectivity index (χ1) is 20.8. The summed E-state index contributed by atoms with van der Waals surface area (Å²) in [7, 11) is -0.633. The molecule has 0 spiro atoms. The van der Waals surface area contributed by atoms with Gasteiger partial charge in [-0.15, -0.1) is 0 Å². The summed E-state index contributed by atoms with van der Waals surface area (Å²) in [6.07, 6.45) is 0. The fraction of sp³-hybridized carbons (Fsp3) is 0. The summed E-state index contributed by atoms with van der Waals surface area (Å²) in [6.45, 7) is 0. The van der Waals surface area contributed by atoms with Gasteiger partial charge in [-0.25, -0.2) is 0 Å². The maximum absolute atomic E-state index is 6.30. The van der Waals surface area contributed by atoms with Gasteiger partial charge in [0.15, 0.2) is 0 Å². The lowest BCUT2D eigenvalue weighted by Crippen LogP contribution is -2.20. The van der Waals surface area contributed by atoms with E-state index in [1.165, 1.54) is 70.8 Å². The minimum absolute atomic E-state index is 0.633. The van der Waals surface area contributed by atoms with Crippen LogP contribution >= 0.6 is 7.92 Å². The Bertz CT molecular complexity index is 2240. The Morgan fingerprint density at radius 3 is 1.86 bits per heavy atom. The first-order valence-corrected chi connectivity index (χ1v) is 15.7. The van der Waals surface area contributed by atoms with Crippen LogP contribution in [0.5, 0.6) is 0 Å². The SMILES string of the molecule is c1ccc(P(c2ccccc2)c2ccc(-c3cc4c5c(cccc5c3)-c3ccc5oc6ccccc6c5c3-4)cc2)cc1. The predicted octanol–water partition coefficient (Wildman–Crippen LogP) is 9.81. The van der Waals surface area contributed by atoms with E-state index in [1.807, 2.05) is 6.07 Å². The summed E-state index contributed by atoms with van der Waals surface area (Å²) in [5.41, 5.74) is 9.54. The zero-order valence-electron chi connectivity index (χ0n) is 22.8. The number of hydrogen-bond donors (Lipinski definition) is 0. The fourth-order valence-corrected chi connectivity index (χ4v) is 9.02. The third kappa shape index (κ3) is 3.54. The van der Waals surface area contributed by atoms with E-state index < -0.39 is 7.92 Å². The monoisotopic (exact) mass is 552 g/mol. The highest BCUT2D eigenvalue weighted by Gasteiger charge is 2.26. The molecular formula is C40H25OP. The molecule has 0 unspecified atom stereocenters. The van der Waals surface area contributed by atoms with Crippen LogP contribution in [0.2, 0.25) is 0 Å². The van der Waals surface area contributed by atoms with Crippen LogP contribution in [0, 0.1) is 0 Å². The molecule has 1 aliphatic rings. The quantitative estimate of drug-likeness (QED) is 0.198. The second-order valence-electron chi connectivity index (χ2n) is 10.9. The summed E-state index contributed by atoms with van der Waals surface area (Å²) >= 11 is 0. The number of furan rings is 1. The molecule has 1 heterocycles. The van der Waals surface area contributed by atoms with Gasteiger partial charge >= 0.3 is 0 Å². The molecule has 196 valence electrons. The summed E-state index contributed by atoms with van der Waals surface area (Å²) in [5.74, 6) is 0. The molecule has 7 aromatic carbocycles. The smallest absolute Gasteiger partial charge is 0.136 e. The van der Waals surface area contributed by atoms with Crippen LogP contribution in [0.3, 0.4) is 0 Å². The second-order valence-corrected chi connectivity index (χ2v) is 13.2. The van der Waals surface area contributed by atoms with Gasteiger partial charge in [-0.2, -0.15) is 0 Å². The Morgan fingerprint density at radius 2 is 1.10 bits per heavy atom. The zero-order valence-corrected chi connectivity index (χ0v) is 23.7. The van der Waals surface area contributed by atoms with E-state index in [1.54, 1.807) is 0 Å². The van der Waals surface area contributed by atoms with E-state index in [-0.39, 0.29) is 0 Å². The highest BCUT2D eigenvalue weighted by molar-refractivity contribution is 7.79. The van der Waals surface area contributed by atoms with Crippen LogP contribution in [0.1, 0.15) is 0 Å². The normalized spacial score (nSPS) is 12.0. The van der Waals surface area contributed by atoms with Gasteiger partial charge in [0.05, 0.1) is 0 Å². The standard InChI is InChI=1S/C40H25OP/c1-3-11-29(12-4-1)42(30-13-5-2-6-14-30)31-20-18-26(19-21-31)28-24-27-10-9-16-32-33-22-23-37-40(39(33)35(25-28)38(27)32)34-15-7-8-17-36(34)41-37/h1-25H. The lowest BCUT2D eigenvalue weighted by molar-refractivity contribution is 0.669. The number of para-hydroxylation sites is 1. The number of benzene rings is 7. The minimum Gasteiger partial charge on any atom is -0.456 e. The summed E-state index contributed by atoms with van der Waals surface area (Å²) < 4.78 is 6.30. The minimum atomic E-state index is -0.633. The molecule has 0 atom stereocenters. The van der Waals surface area contributed by atoms with Crippen molar-refractivity contribution in [2.24, 2.45) is 0 Å². The summed E-state index contributed by atoms with van der Waals surface area (Å²) in [4.78, 5) is 0. The Labute approximate surface area is 245 Å². The molecule has 42 heavy (non-hydrogen) atoms. The van der Waals surface area contributed by atoms with Gasteiger partial charge in [-0.1, -0.05) is 121 Å². The zero-order chi connectivity index (χ0) is 27.6. The van der Waals surface area contributed by atoms with Gasteiger partial charge in [0, 0.05) is 16.3 Å². The molecule has 0 saturated carbocycles. The van der Waals surface area contributed by atoms with Crippen molar-refractivity contribution in [1.82, 2.24) is 0 Å². The van der Waals surface area contributed by atoms with Gasteiger partial charge in [0.1, 0.15) is 11.2 Å². The van der Waals surface area contributed by atoms with Gasteiger partial charge in [0.25, 0.3) is 0 Å². The van der Waals surface area contributed by atoms with Crippen molar-refractivity contribution in [3.05, 3.63) is 152 Å². The average molecular weight is 553 g/mol. The van der Waals surface area contributed by atoms with Crippen molar-refractivity contribution in [2.75, 3.05) is 0 Å². The lowest BCUT2D eigenvalue weighted by Gasteiger charge is -2.19. The topological polar surface area (TPSA) is 13.1 Å². The molecule has 0 amide bonds. The summed E-state index contributed by atoms with van der Waals surface area (Å²) in [5, 5.41) is 9.09. The second kappa shape index (κ2) is 9.28. The third-order valence-corrected chi connectivity index (χ3v) is 11.0. The first-order valence-electron chi connectivity index (χ1n) is 14.4. The van der Waals surface area contributed by atoms with Crippen LogP contribution in [0.4, 0.5) is 0 Å². The molecule has 8 aromatic rings. The van der Waals surface area contributed by atoms with Gasteiger partial charge in [0.2, 0.25) is 0 Å². The molecule has 9 rings (SSSR count). The van der Waals surface area contributed by atoms with Gasteiger partial charge in [-0.05, 0) is 92.8 Å². The van der Waals surface area contributed by atoms with Crippen LogP contribution in [-0.2, 0) is 0 Å². The number of fused-ring (bicyclic) bond motifs is 7. The van der Waals surface area contributed by atoms with Crippen LogP contribution in [0.25, 0.3) is 66.1 Å². The van der Waals surface area contributed by atoms with E-state index >= 15 is 0 Å². The highest BCUT2D eigenvalue weighted by atomic mass is 31.1. The number of hydrogen-bond acceptors (Lipinski definition) is 1. The maximum Gasteiger partial charge on any atom is 0.136 e. The van der Waals surface area contributed by atoms with Crippen molar-refractivity contribution in [3.8, 4) is 33.4 Å². The van der Waals surface area contributed by atoms with E-state index in [2.05, 4.69) is 146 Å². The molecule has 0 saturated heterocycles.